The van der Waals surface area contributed by atoms with Crippen molar-refractivity contribution in [2.75, 3.05) is 0 Å². The number of hydrogen-bond acceptors (Lipinski definition) is 3. The molecule has 3 nitrogen and oxygen atoms in total. The lowest BCUT2D eigenvalue weighted by Gasteiger charge is -2.07. The Bertz CT molecular complexity index is 305. The highest BCUT2D eigenvalue weighted by Crippen LogP contribution is 2.16. The van der Waals surface area contributed by atoms with Gasteiger partial charge in [0.1, 0.15) is 11.9 Å². The highest BCUT2D eigenvalue weighted by Gasteiger charge is 2.11. The van der Waals surface area contributed by atoms with Crippen LogP contribution in [0.1, 0.15) is 12.5 Å². The van der Waals surface area contributed by atoms with Crippen molar-refractivity contribution in [3.63, 3.8) is 0 Å². The van der Waals surface area contributed by atoms with Crippen LogP contribution in [0.3, 0.4) is 0 Å². The molecule has 0 bridgehead atoms. The number of aliphatic hydroxyl groups excluding tert-OH is 1. The van der Waals surface area contributed by atoms with Crippen molar-refractivity contribution in [1.29, 1.82) is 0 Å². The summed E-state index contributed by atoms with van der Waals surface area (Å²) in [5.41, 5.74) is 0.872. The van der Waals surface area contributed by atoms with E-state index in [1.54, 1.807) is 12.1 Å². The summed E-state index contributed by atoms with van der Waals surface area (Å²) < 4.78 is 4.92. The average Bonchev–Trinajstić information content (AvgIpc) is 2.08. The van der Waals surface area contributed by atoms with E-state index in [-0.39, 0.29) is 0 Å². The minimum Gasteiger partial charge on any atom is -0.424 e. The van der Waals surface area contributed by atoms with Gasteiger partial charge >= 0.3 is 5.97 Å². The molecule has 0 fully saturated rings. The first-order valence-corrected chi connectivity index (χ1v) is 4.06. The van der Waals surface area contributed by atoms with E-state index in [9.17, 15) is 4.79 Å². The normalized spacial score (nSPS) is 12.2. The molecule has 0 radical (unpaired) electrons. The Labute approximate surface area is 77.0 Å². The second kappa shape index (κ2) is 4.05. The van der Waals surface area contributed by atoms with Gasteiger partial charge in [-0.05, 0) is 25.5 Å². The van der Waals surface area contributed by atoms with Gasteiger partial charge < -0.3 is 9.84 Å². The number of para-hydroxylation sites is 1. The molecule has 1 atom stereocenters. The molecule has 0 saturated heterocycles. The third-order valence-corrected chi connectivity index (χ3v) is 1.65. The summed E-state index contributed by atoms with van der Waals surface area (Å²) in [6.45, 7) is 3.21. The van der Waals surface area contributed by atoms with Crippen molar-refractivity contribution in [2.24, 2.45) is 0 Å². The van der Waals surface area contributed by atoms with Crippen molar-refractivity contribution < 1.29 is 14.6 Å². The zero-order valence-corrected chi connectivity index (χ0v) is 7.65. The molecule has 3 heteroatoms. The third-order valence-electron chi connectivity index (χ3n) is 1.65. The number of carbonyl (C=O) groups excluding carboxylic acids is 1. The van der Waals surface area contributed by atoms with E-state index in [1.165, 1.54) is 6.92 Å². The minimum atomic E-state index is -1.08. The Morgan fingerprint density at radius 1 is 1.46 bits per heavy atom. The Balaban J connectivity index is 2.75. The quantitative estimate of drug-likeness (QED) is 0.551. The zero-order chi connectivity index (χ0) is 9.84. The van der Waals surface area contributed by atoms with Crippen molar-refractivity contribution in [1.82, 2.24) is 0 Å². The molecule has 0 spiro atoms. The van der Waals surface area contributed by atoms with Crippen molar-refractivity contribution in [3.05, 3.63) is 29.8 Å². The summed E-state index contributed by atoms with van der Waals surface area (Å²) in [5.74, 6) is -0.136. The molecule has 0 aliphatic carbocycles. The van der Waals surface area contributed by atoms with Gasteiger partial charge in [-0.3, -0.25) is 0 Å². The molecule has 0 aliphatic rings. The van der Waals surface area contributed by atoms with E-state index in [2.05, 4.69) is 0 Å². The first-order valence-electron chi connectivity index (χ1n) is 4.06. The van der Waals surface area contributed by atoms with E-state index < -0.39 is 12.1 Å². The number of aliphatic hydroxyl groups is 1. The number of benzene rings is 1. The van der Waals surface area contributed by atoms with E-state index in [1.807, 2.05) is 19.1 Å². The summed E-state index contributed by atoms with van der Waals surface area (Å²) in [4.78, 5) is 11.0. The number of aryl methyl sites for hydroxylation is 1. The first kappa shape index (κ1) is 9.74. The Hall–Kier alpha value is -1.35. The molecule has 1 unspecified atom stereocenters. The lowest BCUT2D eigenvalue weighted by atomic mass is 10.2. The fourth-order valence-electron chi connectivity index (χ4n) is 0.865. The lowest BCUT2D eigenvalue weighted by Crippen LogP contribution is -2.22. The maximum absolute atomic E-state index is 11.0. The van der Waals surface area contributed by atoms with Gasteiger partial charge in [-0.25, -0.2) is 4.79 Å². The van der Waals surface area contributed by atoms with Crippen molar-refractivity contribution in [3.8, 4) is 5.75 Å². The number of hydrogen-bond donors (Lipinski definition) is 1. The van der Waals surface area contributed by atoms with Crippen LogP contribution in [0, 0.1) is 6.92 Å². The van der Waals surface area contributed by atoms with Crippen LogP contribution in [-0.4, -0.2) is 17.2 Å². The average molecular weight is 180 g/mol. The molecule has 1 rings (SSSR count). The molecule has 0 aliphatic heterocycles. The van der Waals surface area contributed by atoms with Gasteiger partial charge in [0.15, 0.2) is 0 Å². The number of carbonyl (C=O) groups is 1. The van der Waals surface area contributed by atoms with Crippen LogP contribution < -0.4 is 4.74 Å². The predicted octanol–water partition coefficient (Wildman–Crippen LogP) is 1.28. The number of rotatable bonds is 2. The molecule has 1 N–H and O–H groups in total. The number of ether oxygens (including phenoxy) is 1. The van der Waals surface area contributed by atoms with Gasteiger partial charge in [0, 0.05) is 0 Å². The van der Waals surface area contributed by atoms with Crippen LogP contribution in [0.2, 0.25) is 0 Å². The Morgan fingerprint density at radius 2 is 2.08 bits per heavy atom. The van der Waals surface area contributed by atoms with E-state index in [0.717, 1.165) is 5.56 Å². The molecule has 0 aromatic heterocycles. The topological polar surface area (TPSA) is 46.5 Å². The third kappa shape index (κ3) is 2.56. The smallest absolute Gasteiger partial charge is 0.340 e. The van der Waals surface area contributed by atoms with Gasteiger partial charge in [-0.2, -0.15) is 0 Å². The maximum atomic E-state index is 11.0. The van der Waals surface area contributed by atoms with Gasteiger partial charge in [0.25, 0.3) is 0 Å². The van der Waals surface area contributed by atoms with Crippen molar-refractivity contribution >= 4 is 5.97 Å². The highest BCUT2D eigenvalue weighted by atomic mass is 16.5. The molecule has 0 heterocycles. The Morgan fingerprint density at radius 3 is 2.62 bits per heavy atom. The second-order valence-corrected chi connectivity index (χ2v) is 2.86. The monoisotopic (exact) mass is 180 g/mol. The van der Waals surface area contributed by atoms with Gasteiger partial charge in [0.2, 0.25) is 0 Å². The fraction of sp³-hybridized carbons (Fsp3) is 0.300. The summed E-state index contributed by atoms with van der Waals surface area (Å²) in [7, 11) is 0. The summed E-state index contributed by atoms with van der Waals surface area (Å²) >= 11 is 0. The summed E-state index contributed by atoms with van der Waals surface area (Å²) in [6, 6.07) is 7.16. The lowest BCUT2D eigenvalue weighted by molar-refractivity contribution is -0.142. The van der Waals surface area contributed by atoms with Gasteiger partial charge in [-0.15, -0.1) is 0 Å². The predicted molar refractivity (Wildman–Crippen MR) is 48.5 cm³/mol. The van der Waals surface area contributed by atoms with Crippen LogP contribution >= 0.6 is 0 Å². The maximum Gasteiger partial charge on any atom is 0.340 e. The molecule has 0 saturated carbocycles. The standard InChI is InChI=1S/C10H12O3/c1-7-5-3-4-6-9(7)13-10(12)8(2)11/h3-6,8,11H,1-2H3. The highest BCUT2D eigenvalue weighted by molar-refractivity contribution is 5.76. The van der Waals surface area contributed by atoms with Crippen LogP contribution in [0.4, 0.5) is 0 Å². The van der Waals surface area contributed by atoms with Crippen molar-refractivity contribution in [2.45, 2.75) is 20.0 Å². The molecular formula is C10H12O3. The SMILES string of the molecule is Cc1ccccc1OC(=O)C(C)O. The van der Waals surface area contributed by atoms with Gasteiger partial charge in [-0.1, -0.05) is 18.2 Å². The number of esters is 1. The van der Waals surface area contributed by atoms with Crippen LogP contribution in [-0.2, 0) is 4.79 Å². The minimum absolute atomic E-state index is 0.494. The van der Waals surface area contributed by atoms with Crippen LogP contribution in [0.5, 0.6) is 5.75 Å². The molecule has 1 aromatic rings. The van der Waals surface area contributed by atoms with E-state index in [4.69, 9.17) is 9.84 Å². The van der Waals surface area contributed by atoms with E-state index >= 15 is 0 Å². The van der Waals surface area contributed by atoms with Crippen LogP contribution in [0.25, 0.3) is 0 Å². The van der Waals surface area contributed by atoms with Crippen LogP contribution in [0.15, 0.2) is 24.3 Å². The molecule has 0 amide bonds. The molecular weight excluding hydrogens is 168 g/mol. The van der Waals surface area contributed by atoms with Gasteiger partial charge in [0.05, 0.1) is 0 Å². The summed E-state index contributed by atoms with van der Waals surface area (Å²) in [6.07, 6.45) is -1.08. The molecule has 13 heavy (non-hydrogen) atoms. The largest absolute Gasteiger partial charge is 0.424 e. The first-order chi connectivity index (χ1) is 6.11. The van der Waals surface area contributed by atoms with E-state index in [0.29, 0.717) is 5.75 Å². The second-order valence-electron chi connectivity index (χ2n) is 2.86. The zero-order valence-electron chi connectivity index (χ0n) is 7.65. The molecule has 70 valence electrons. The molecule has 1 aromatic carbocycles. The fourth-order valence-corrected chi connectivity index (χ4v) is 0.865. The summed E-state index contributed by atoms with van der Waals surface area (Å²) in [5, 5.41) is 8.90. The Kier molecular flexibility index (Phi) is 3.03.